The van der Waals surface area contributed by atoms with Crippen molar-refractivity contribution in [2.75, 3.05) is 0 Å². The highest BCUT2D eigenvalue weighted by Gasteiger charge is 2.68. The van der Waals surface area contributed by atoms with Gasteiger partial charge in [-0.25, -0.2) is 4.79 Å². The maximum atomic E-state index is 12.7. The maximum absolute atomic E-state index is 12.7. The molecule has 7 heteroatoms. The normalized spacial score (nSPS) is 43.6. The van der Waals surface area contributed by atoms with E-state index < -0.39 is 42.5 Å². The number of carbonyl (C=O) groups is 3. The summed E-state index contributed by atoms with van der Waals surface area (Å²) in [5.74, 6) is -1.92. The van der Waals surface area contributed by atoms with Crippen molar-refractivity contribution in [1.29, 1.82) is 0 Å². The van der Waals surface area contributed by atoms with Gasteiger partial charge in [-0.2, -0.15) is 0 Å². The van der Waals surface area contributed by atoms with E-state index in [-0.39, 0.29) is 22.7 Å². The van der Waals surface area contributed by atoms with Gasteiger partial charge in [-0.05, 0) is 54.8 Å². The highest BCUT2D eigenvalue weighted by molar-refractivity contribution is 5.80. The van der Waals surface area contributed by atoms with Gasteiger partial charge >= 0.3 is 17.9 Å². The Hall–Kier alpha value is -1.89. The van der Waals surface area contributed by atoms with Gasteiger partial charge in [-0.1, -0.05) is 32.9 Å². The van der Waals surface area contributed by atoms with E-state index in [1.165, 1.54) is 19.4 Å². The predicted molar refractivity (Wildman–Crippen MR) is 110 cm³/mol. The molecule has 172 valence electrons. The molecule has 31 heavy (non-hydrogen) atoms. The standard InChI is InChI=1S/C24H34O7/c1-12-8-7-10-23(4,5)15-9-11-24(6,17(12)15)18-16-19(28-13(2)25)20(27)30-22(18)31-21(16)29-14(3)26/h15-19,21-22H,1,7-11H2,2-6H3/t15-,16?,17-,18+,19-,21-,22?,24-/m1/s1. The Bertz CT molecular complexity index is 802. The Balaban J connectivity index is 1.76. The maximum Gasteiger partial charge on any atom is 0.350 e. The summed E-state index contributed by atoms with van der Waals surface area (Å²) in [6.07, 6.45) is 2.22. The molecular weight excluding hydrogens is 400 g/mol. The van der Waals surface area contributed by atoms with Crippen LogP contribution >= 0.6 is 0 Å². The minimum absolute atomic E-state index is 0.178. The zero-order valence-corrected chi connectivity index (χ0v) is 19.1. The minimum atomic E-state index is -1.16. The molecule has 0 spiro atoms. The molecule has 4 aliphatic rings. The van der Waals surface area contributed by atoms with Crippen LogP contribution in [-0.2, 0) is 33.3 Å². The molecule has 4 fully saturated rings. The summed E-state index contributed by atoms with van der Waals surface area (Å²) in [7, 11) is 0. The average Bonchev–Trinajstić information content (AvgIpc) is 3.10. The molecule has 0 aromatic rings. The molecule has 0 amide bonds. The Morgan fingerprint density at radius 3 is 2.42 bits per heavy atom. The van der Waals surface area contributed by atoms with Crippen LogP contribution in [0.1, 0.15) is 66.7 Å². The molecule has 2 saturated carbocycles. The second-order valence-electron chi connectivity index (χ2n) is 10.7. The minimum Gasteiger partial charge on any atom is -0.450 e. The Morgan fingerprint density at radius 1 is 1.10 bits per heavy atom. The van der Waals surface area contributed by atoms with E-state index in [9.17, 15) is 14.4 Å². The molecule has 2 aliphatic heterocycles. The molecule has 0 N–H and O–H groups in total. The first-order valence-electron chi connectivity index (χ1n) is 11.3. The number of rotatable bonds is 3. The molecule has 2 unspecified atom stereocenters. The highest BCUT2D eigenvalue weighted by atomic mass is 16.8. The first kappa shape index (κ1) is 22.3. The lowest BCUT2D eigenvalue weighted by Gasteiger charge is -2.47. The van der Waals surface area contributed by atoms with E-state index in [4.69, 9.17) is 18.9 Å². The van der Waals surface area contributed by atoms with Gasteiger partial charge in [0.15, 0.2) is 0 Å². The first-order valence-corrected chi connectivity index (χ1v) is 11.3. The van der Waals surface area contributed by atoms with Crippen molar-refractivity contribution >= 4 is 17.9 Å². The zero-order valence-electron chi connectivity index (χ0n) is 19.1. The predicted octanol–water partition coefficient (Wildman–Crippen LogP) is 3.75. The van der Waals surface area contributed by atoms with Crippen LogP contribution in [0.25, 0.3) is 0 Å². The van der Waals surface area contributed by atoms with E-state index >= 15 is 0 Å². The van der Waals surface area contributed by atoms with Crippen LogP contribution in [0.3, 0.4) is 0 Å². The van der Waals surface area contributed by atoms with Crippen molar-refractivity contribution in [3.05, 3.63) is 12.2 Å². The summed E-state index contributed by atoms with van der Waals surface area (Å²) in [5, 5.41) is 0. The van der Waals surface area contributed by atoms with Gasteiger partial charge < -0.3 is 18.9 Å². The Morgan fingerprint density at radius 2 is 1.77 bits per heavy atom. The smallest absolute Gasteiger partial charge is 0.350 e. The largest absolute Gasteiger partial charge is 0.450 e. The molecule has 2 aliphatic carbocycles. The molecule has 8 atom stereocenters. The van der Waals surface area contributed by atoms with E-state index in [1.807, 2.05) is 0 Å². The lowest BCUT2D eigenvalue weighted by Crippen LogP contribution is -2.54. The summed E-state index contributed by atoms with van der Waals surface area (Å²) >= 11 is 0. The van der Waals surface area contributed by atoms with Gasteiger partial charge in [0.25, 0.3) is 0 Å². The molecule has 4 rings (SSSR count). The third-order valence-electron chi connectivity index (χ3n) is 8.31. The lowest BCUT2D eigenvalue weighted by molar-refractivity contribution is -0.219. The van der Waals surface area contributed by atoms with Crippen molar-refractivity contribution < 1.29 is 33.3 Å². The quantitative estimate of drug-likeness (QED) is 0.380. The average molecular weight is 435 g/mol. The van der Waals surface area contributed by atoms with Crippen LogP contribution in [0.5, 0.6) is 0 Å². The molecule has 2 bridgehead atoms. The molecule has 0 aromatic carbocycles. The van der Waals surface area contributed by atoms with Gasteiger partial charge in [-0.15, -0.1) is 0 Å². The number of carbonyl (C=O) groups excluding carboxylic acids is 3. The second kappa shape index (κ2) is 7.61. The monoisotopic (exact) mass is 434 g/mol. The van der Waals surface area contributed by atoms with Crippen LogP contribution in [-0.4, -0.2) is 36.6 Å². The fraction of sp³-hybridized carbons (Fsp3) is 0.792. The summed E-state index contributed by atoms with van der Waals surface area (Å²) in [6.45, 7) is 13.9. The molecule has 2 heterocycles. The summed E-state index contributed by atoms with van der Waals surface area (Å²) in [6, 6.07) is 0. The van der Waals surface area contributed by atoms with Crippen molar-refractivity contribution in [3.63, 3.8) is 0 Å². The number of ether oxygens (including phenoxy) is 4. The number of esters is 3. The fourth-order valence-corrected chi connectivity index (χ4v) is 7.08. The molecule has 2 saturated heterocycles. The van der Waals surface area contributed by atoms with E-state index in [1.54, 1.807) is 0 Å². The summed E-state index contributed by atoms with van der Waals surface area (Å²) in [4.78, 5) is 36.2. The highest BCUT2D eigenvalue weighted by Crippen LogP contribution is 2.66. The number of hydrogen-bond acceptors (Lipinski definition) is 7. The first-order chi connectivity index (χ1) is 14.5. The van der Waals surface area contributed by atoms with Crippen LogP contribution in [0.2, 0.25) is 0 Å². The Labute approximate surface area is 183 Å². The topological polar surface area (TPSA) is 88.1 Å². The summed E-state index contributed by atoms with van der Waals surface area (Å²) < 4.78 is 22.4. The SMILES string of the molecule is C=C1CCCC(C)(C)[C@@H]2CC[C@@](C)([C@@H]3C4OC(=O)[C@H](OC(C)=O)C3[C@H](OC(C)=O)O4)[C@H]12. The molecule has 0 aromatic heterocycles. The van der Waals surface area contributed by atoms with Crippen molar-refractivity contribution in [2.24, 2.45) is 34.5 Å². The van der Waals surface area contributed by atoms with Crippen LogP contribution < -0.4 is 0 Å². The lowest BCUT2D eigenvalue weighted by atomic mass is 9.58. The van der Waals surface area contributed by atoms with Crippen LogP contribution in [0.4, 0.5) is 0 Å². The van der Waals surface area contributed by atoms with E-state index in [0.717, 1.165) is 32.1 Å². The van der Waals surface area contributed by atoms with Gasteiger partial charge in [0, 0.05) is 19.8 Å². The van der Waals surface area contributed by atoms with Gasteiger partial charge in [0.2, 0.25) is 18.7 Å². The third kappa shape index (κ3) is 3.59. The molecule has 0 radical (unpaired) electrons. The van der Waals surface area contributed by atoms with Crippen molar-refractivity contribution in [2.45, 2.75) is 85.4 Å². The van der Waals surface area contributed by atoms with Crippen molar-refractivity contribution in [3.8, 4) is 0 Å². The van der Waals surface area contributed by atoms with Gasteiger partial charge in [-0.3, -0.25) is 9.59 Å². The Kier molecular flexibility index (Phi) is 5.48. The van der Waals surface area contributed by atoms with Crippen LogP contribution in [0.15, 0.2) is 12.2 Å². The molecular formula is C24H34O7. The zero-order chi connectivity index (χ0) is 22.7. The van der Waals surface area contributed by atoms with Crippen molar-refractivity contribution in [1.82, 2.24) is 0 Å². The second-order valence-corrected chi connectivity index (χ2v) is 10.7. The van der Waals surface area contributed by atoms with E-state index in [2.05, 4.69) is 27.4 Å². The van der Waals surface area contributed by atoms with Crippen LogP contribution in [0, 0.1) is 34.5 Å². The molecule has 7 nitrogen and oxygen atoms in total. The third-order valence-corrected chi connectivity index (χ3v) is 8.31. The number of hydrogen-bond donors (Lipinski definition) is 0. The fourth-order valence-electron chi connectivity index (χ4n) is 7.08. The number of allylic oxidation sites excluding steroid dienone is 1. The summed E-state index contributed by atoms with van der Waals surface area (Å²) in [5.41, 5.74) is 1.13. The van der Waals surface area contributed by atoms with Gasteiger partial charge in [0.1, 0.15) is 0 Å². The van der Waals surface area contributed by atoms with Gasteiger partial charge in [0.05, 0.1) is 5.92 Å². The number of fused-ring (bicyclic) bond motifs is 3. The van der Waals surface area contributed by atoms with E-state index in [0.29, 0.717) is 5.92 Å².